The summed E-state index contributed by atoms with van der Waals surface area (Å²) in [5.41, 5.74) is -0.358. The Bertz CT molecular complexity index is 482. The Morgan fingerprint density at radius 3 is 2.16 bits per heavy atom. The van der Waals surface area contributed by atoms with Crippen LogP contribution in [0.5, 0.6) is 0 Å². The van der Waals surface area contributed by atoms with Gasteiger partial charge in [-0.2, -0.15) is 0 Å². The lowest BCUT2D eigenvalue weighted by Crippen LogP contribution is -2.33. The van der Waals surface area contributed by atoms with E-state index in [4.69, 9.17) is 5.11 Å². The van der Waals surface area contributed by atoms with Crippen molar-refractivity contribution in [3.8, 4) is 0 Å². The van der Waals surface area contributed by atoms with Gasteiger partial charge in [-0.05, 0) is 19.1 Å². The summed E-state index contributed by atoms with van der Waals surface area (Å²) in [4.78, 5) is 23.4. The third-order valence-electron chi connectivity index (χ3n) is 2.50. The van der Waals surface area contributed by atoms with Crippen LogP contribution < -0.4 is 0 Å². The minimum absolute atomic E-state index is 0.0920. The number of rotatable bonds is 5. The van der Waals surface area contributed by atoms with E-state index in [1.807, 2.05) is 0 Å². The first kappa shape index (κ1) is 15.0. The molecule has 1 N–H and O–H groups in total. The standard InChI is InChI=1S/C12H12F3NO3/c1-2-16(4-3-10(17)18)12(19)7-5-8(13)11(15)9(14)6-7/h5-6H,2-4H2,1H3,(H,17,18). The molecule has 0 spiro atoms. The highest BCUT2D eigenvalue weighted by Gasteiger charge is 2.19. The van der Waals surface area contributed by atoms with Crippen LogP contribution in [0.4, 0.5) is 13.2 Å². The highest BCUT2D eigenvalue weighted by atomic mass is 19.2. The van der Waals surface area contributed by atoms with Gasteiger partial charge < -0.3 is 10.0 Å². The van der Waals surface area contributed by atoms with Gasteiger partial charge in [0.25, 0.3) is 5.91 Å². The second-order valence-electron chi connectivity index (χ2n) is 3.78. The second kappa shape index (κ2) is 6.21. The molecule has 7 heteroatoms. The van der Waals surface area contributed by atoms with Crippen molar-refractivity contribution in [3.05, 3.63) is 35.1 Å². The summed E-state index contributed by atoms with van der Waals surface area (Å²) >= 11 is 0. The monoisotopic (exact) mass is 275 g/mol. The Balaban J connectivity index is 2.94. The SMILES string of the molecule is CCN(CCC(=O)O)C(=O)c1cc(F)c(F)c(F)c1. The molecular formula is C12H12F3NO3. The number of carboxylic acid groups (broad SMARTS) is 1. The average Bonchev–Trinajstić information content (AvgIpc) is 2.35. The normalized spacial score (nSPS) is 10.3. The molecule has 0 atom stereocenters. The maximum absolute atomic E-state index is 13.0. The summed E-state index contributed by atoms with van der Waals surface area (Å²) in [7, 11) is 0. The number of hydrogen-bond donors (Lipinski definition) is 1. The molecule has 1 aromatic rings. The molecule has 19 heavy (non-hydrogen) atoms. The number of amides is 1. The molecule has 0 saturated heterocycles. The maximum Gasteiger partial charge on any atom is 0.305 e. The van der Waals surface area contributed by atoms with E-state index >= 15 is 0 Å². The molecule has 0 saturated carbocycles. The number of carbonyl (C=O) groups is 2. The van der Waals surface area contributed by atoms with Crippen molar-refractivity contribution in [2.75, 3.05) is 13.1 Å². The first-order chi connectivity index (χ1) is 8.86. The molecule has 1 aromatic carbocycles. The summed E-state index contributed by atoms with van der Waals surface area (Å²) in [6, 6.07) is 1.17. The average molecular weight is 275 g/mol. The van der Waals surface area contributed by atoms with Crippen LogP contribution in [-0.2, 0) is 4.79 Å². The summed E-state index contributed by atoms with van der Waals surface area (Å²) < 4.78 is 38.8. The van der Waals surface area contributed by atoms with Crippen LogP contribution in [0.1, 0.15) is 23.7 Å². The first-order valence-corrected chi connectivity index (χ1v) is 5.52. The topological polar surface area (TPSA) is 57.6 Å². The molecule has 0 unspecified atom stereocenters. The molecule has 0 radical (unpaired) electrons. The molecule has 1 amide bonds. The molecular weight excluding hydrogens is 263 g/mol. The molecule has 0 heterocycles. The summed E-state index contributed by atoms with van der Waals surface area (Å²) in [5.74, 6) is -6.41. The molecule has 104 valence electrons. The van der Waals surface area contributed by atoms with Crippen molar-refractivity contribution in [2.24, 2.45) is 0 Å². The fourth-order valence-corrected chi connectivity index (χ4v) is 1.50. The van der Waals surface area contributed by atoms with Crippen LogP contribution in [0.2, 0.25) is 0 Å². The Morgan fingerprint density at radius 1 is 1.21 bits per heavy atom. The van der Waals surface area contributed by atoms with Crippen LogP contribution in [0, 0.1) is 17.5 Å². The number of nitrogens with zero attached hydrogens (tertiary/aromatic N) is 1. The fourth-order valence-electron chi connectivity index (χ4n) is 1.50. The third kappa shape index (κ3) is 3.70. The molecule has 4 nitrogen and oxygen atoms in total. The Hall–Kier alpha value is -2.05. The van der Waals surface area contributed by atoms with Gasteiger partial charge in [-0.15, -0.1) is 0 Å². The fraction of sp³-hybridized carbons (Fsp3) is 0.333. The largest absolute Gasteiger partial charge is 0.481 e. The van der Waals surface area contributed by atoms with Crippen molar-refractivity contribution >= 4 is 11.9 Å². The molecule has 0 aliphatic rings. The van der Waals surface area contributed by atoms with E-state index in [1.165, 1.54) is 0 Å². The Labute approximate surface area is 107 Å². The van der Waals surface area contributed by atoms with Gasteiger partial charge >= 0.3 is 5.97 Å². The van der Waals surface area contributed by atoms with Crippen LogP contribution >= 0.6 is 0 Å². The number of benzene rings is 1. The van der Waals surface area contributed by atoms with Gasteiger partial charge in [0.05, 0.1) is 6.42 Å². The second-order valence-corrected chi connectivity index (χ2v) is 3.78. The van der Waals surface area contributed by atoms with Gasteiger partial charge in [-0.1, -0.05) is 0 Å². The van der Waals surface area contributed by atoms with Crippen LogP contribution in [0.3, 0.4) is 0 Å². The van der Waals surface area contributed by atoms with Crippen molar-refractivity contribution < 1.29 is 27.9 Å². The number of carbonyl (C=O) groups excluding carboxylic acids is 1. The van der Waals surface area contributed by atoms with E-state index in [0.29, 0.717) is 12.1 Å². The van der Waals surface area contributed by atoms with E-state index in [-0.39, 0.29) is 25.1 Å². The zero-order valence-electron chi connectivity index (χ0n) is 10.1. The van der Waals surface area contributed by atoms with E-state index < -0.39 is 29.3 Å². The Morgan fingerprint density at radius 2 is 1.74 bits per heavy atom. The number of halogens is 3. The van der Waals surface area contributed by atoms with Crippen LogP contribution in [0.25, 0.3) is 0 Å². The van der Waals surface area contributed by atoms with E-state index in [0.717, 1.165) is 4.90 Å². The lowest BCUT2D eigenvalue weighted by Gasteiger charge is -2.20. The molecule has 0 aliphatic heterocycles. The van der Waals surface area contributed by atoms with Crippen LogP contribution in [0.15, 0.2) is 12.1 Å². The van der Waals surface area contributed by atoms with Gasteiger partial charge in [0.15, 0.2) is 17.5 Å². The van der Waals surface area contributed by atoms with E-state index in [9.17, 15) is 22.8 Å². The highest BCUT2D eigenvalue weighted by molar-refractivity contribution is 5.94. The predicted octanol–water partition coefficient (Wildman–Crippen LogP) is 2.04. The molecule has 0 fully saturated rings. The predicted molar refractivity (Wildman–Crippen MR) is 60.1 cm³/mol. The minimum Gasteiger partial charge on any atom is -0.481 e. The lowest BCUT2D eigenvalue weighted by molar-refractivity contribution is -0.137. The van der Waals surface area contributed by atoms with Gasteiger partial charge in [0.1, 0.15) is 0 Å². The minimum atomic E-state index is -1.65. The van der Waals surface area contributed by atoms with E-state index in [1.54, 1.807) is 6.92 Å². The third-order valence-corrected chi connectivity index (χ3v) is 2.50. The number of aliphatic carboxylic acids is 1. The maximum atomic E-state index is 13.0. The van der Waals surface area contributed by atoms with E-state index in [2.05, 4.69) is 0 Å². The first-order valence-electron chi connectivity index (χ1n) is 5.52. The lowest BCUT2D eigenvalue weighted by atomic mass is 10.1. The van der Waals surface area contributed by atoms with Crippen molar-refractivity contribution in [1.82, 2.24) is 4.90 Å². The highest BCUT2D eigenvalue weighted by Crippen LogP contribution is 2.15. The van der Waals surface area contributed by atoms with Crippen molar-refractivity contribution in [1.29, 1.82) is 0 Å². The number of hydrogen-bond acceptors (Lipinski definition) is 2. The smallest absolute Gasteiger partial charge is 0.305 e. The molecule has 0 aromatic heterocycles. The zero-order chi connectivity index (χ0) is 14.6. The number of carboxylic acids is 1. The molecule has 1 rings (SSSR count). The summed E-state index contributed by atoms with van der Waals surface area (Å²) in [6.45, 7) is 1.67. The molecule has 0 bridgehead atoms. The quantitative estimate of drug-likeness (QED) is 0.837. The van der Waals surface area contributed by atoms with Gasteiger partial charge in [0.2, 0.25) is 0 Å². The van der Waals surface area contributed by atoms with Crippen LogP contribution in [-0.4, -0.2) is 35.0 Å². The summed E-state index contributed by atoms with van der Waals surface area (Å²) in [5, 5.41) is 8.53. The van der Waals surface area contributed by atoms with Crippen molar-refractivity contribution in [3.63, 3.8) is 0 Å². The zero-order valence-corrected chi connectivity index (χ0v) is 10.1. The van der Waals surface area contributed by atoms with Gasteiger partial charge in [-0.25, -0.2) is 13.2 Å². The Kier molecular flexibility index (Phi) is 4.91. The van der Waals surface area contributed by atoms with Crippen molar-refractivity contribution in [2.45, 2.75) is 13.3 Å². The summed E-state index contributed by atoms with van der Waals surface area (Å²) in [6.07, 6.45) is -0.286. The van der Waals surface area contributed by atoms with Gasteiger partial charge in [0, 0.05) is 18.7 Å². The van der Waals surface area contributed by atoms with Gasteiger partial charge in [-0.3, -0.25) is 9.59 Å². The molecule has 0 aliphatic carbocycles.